The molecular formula is C13H26N2O. The van der Waals surface area contributed by atoms with Crippen LogP contribution in [0.25, 0.3) is 0 Å². The molecule has 0 radical (unpaired) electrons. The molecule has 2 rings (SSSR count). The van der Waals surface area contributed by atoms with Gasteiger partial charge in [-0.2, -0.15) is 11.0 Å². The van der Waals surface area contributed by atoms with E-state index < -0.39 is 0 Å². The van der Waals surface area contributed by atoms with Crippen LogP contribution in [0.4, 0.5) is 0 Å². The lowest BCUT2D eigenvalue weighted by Gasteiger charge is -2.40. The molecule has 1 aliphatic carbocycles. The quantitative estimate of drug-likeness (QED) is 0.752. The van der Waals surface area contributed by atoms with Gasteiger partial charge in [-0.25, -0.2) is 4.94 Å². The Bertz CT molecular complexity index is 192. The van der Waals surface area contributed by atoms with Crippen molar-refractivity contribution in [2.75, 3.05) is 13.1 Å². The van der Waals surface area contributed by atoms with Crippen LogP contribution in [0.2, 0.25) is 0 Å². The lowest BCUT2D eigenvalue weighted by Crippen LogP contribution is -2.44. The van der Waals surface area contributed by atoms with E-state index in [9.17, 15) is 0 Å². The van der Waals surface area contributed by atoms with Gasteiger partial charge in [0.2, 0.25) is 0 Å². The normalized spacial score (nSPS) is 34.1. The molecule has 2 N–H and O–H groups in total. The minimum Gasteiger partial charge on any atom is -0.214 e. The van der Waals surface area contributed by atoms with Crippen LogP contribution in [0.1, 0.15) is 51.9 Å². The number of piperidine rings is 1. The molecule has 0 aromatic rings. The van der Waals surface area contributed by atoms with Crippen LogP contribution >= 0.6 is 0 Å². The van der Waals surface area contributed by atoms with Gasteiger partial charge in [-0.15, -0.1) is 0 Å². The number of hydrogen-bond acceptors (Lipinski definition) is 3. The van der Waals surface area contributed by atoms with Gasteiger partial charge in [0.15, 0.2) is 0 Å². The van der Waals surface area contributed by atoms with E-state index in [2.05, 4.69) is 6.92 Å². The summed E-state index contributed by atoms with van der Waals surface area (Å²) in [4.78, 5) is 4.98. The third-order valence-corrected chi connectivity index (χ3v) is 4.58. The van der Waals surface area contributed by atoms with Crippen molar-refractivity contribution in [3.05, 3.63) is 0 Å². The van der Waals surface area contributed by atoms with E-state index in [1.54, 1.807) is 0 Å². The molecule has 16 heavy (non-hydrogen) atoms. The molecule has 0 spiro atoms. The van der Waals surface area contributed by atoms with Gasteiger partial charge >= 0.3 is 0 Å². The van der Waals surface area contributed by atoms with Crippen molar-refractivity contribution in [1.82, 2.24) is 5.06 Å². The first-order valence-corrected chi connectivity index (χ1v) is 6.95. The first-order chi connectivity index (χ1) is 7.83. The molecule has 0 amide bonds. The SMILES string of the molecule is CCC1CC(C2CCCCC2)CN(ON)C1. The summed E-state index contributed by atoms with van der Waals surface area (Å²) in [7, 11) is 0. The highest BCUT2D eigenvalue weighted by Gasteiger charge is 2.32. The van der Waals surface area contributed by atoms with Crippen molar-refractivity contribution >= 4 is 0 Å². The van der Waals surface area contributed by atoms with Crippen LogP contribution in [0.15, 0.2) is 0 Å². The van der Waals surface area contributed by atoms with E-state index in [-0.39, 0.29) is 0 Å². The van der Waals surface area contributed by atoms with Gasteiger partial charge in [0.1, 0.15) is 0 Å². The van der Waals surface area contributed by atoms with E-state index in [0.29, 0.717) is 0 Å². The van der Waals surface area contributed by atoms with Crippen LogP contribution in [0.3, 0.4) is 0 Å². The molecule has 3 nitrogen and oxygen atoms in total. The number of nitrogens with two attached hydrogens (primary N) is 1. The molecule has 0 aromatic carbocycles. The van der Waals surface area contributed by atoms with Gasteiger partial charge in [0.05, 0.1) is 0 Å². The van der Waals surface area contributed by atoms with E-state index in [0.717, 1.165) is 30.8 Å². The molecule has 0 aromatic heterocycles. The predicted octanol–water partition coefficient (Wildman–Crippen LogP) is 2.72. The maximum absolute atomic E-state index is 5.34. The molecule has 2 atom stereocenters. The molecule has 1 saturated heterocycles. The molecule has 2 unspecified atom stereocenters. The predicted molar refractivity (Wildman–Crippen MR) is 65.3 cm³/mol. The Morgan fingerprint density at radius 2 is 1.88 bits per heavy atom. The van der Waals surface area contributed by atoms with Crippen LogP contribution in [0, 0.1) is 17.8 Å². The molecule has 2 fully saturated rings. The summed E-state index contributed by atoms with van der Waals surface area (Å²) in [6, 6.07) is 0. The molecule has 1 aliphatic heterocycles. The van der Waals surface area contributed by atoms with Gasteiger partial charge in [-0.1, -0.05) is 45.4 Å². The number of rotatable bonds is 3. The largest absolute Gasteiger partial charge is 0.214 e. The van der Waals surface area contributed by atoms with E-state index in [1.807, 2.05) is 5.06 Å². The van der Waals surface area contributed by atoms with Gasteiger partial charge in [0, 0.05) is 13.1 Å². The Kier molecular flexibility index (Phi) is 4.62. The number of hydroxylamine groups is 2. The fraction of sp³-hybridized carbons (Fsp3) is 1.00. The molecular weight excluding hydrogens is 200 g/mol. The molecule has 0 bridgehead atoms. The van der Waals surface area contributed by atoms with Gasteiger partial charge < -0.3 is 0 Å². The standard InChI is InChI=1S/C13H26N2O/c1-2-11-8-13(10-15(9-11)16-14)12-6-4-3-5-7-12/h11-13H,2-10,14H2,1H3. The average molecular weight is 226 g/mol. The van der Waals surface area contributed by atoms with Crippen molar-refractivity contribution in [1.29, 1.82) is 0 Å². The van der Waals surface area contributed by atoms with Crippen molar-refractivity contribution in [3.8, 4) is 0 Å². The fourth-order valence-electron chi connectivity index (χ4n) is 3.53. The Balaban J connectivity index is 1.91. The molecule has 2 aliphatic rings. The van der Waals surface area contributed by atoms with Crippen LogP contribution in [0.5, 0.6) is 0 Å². The Labute approximate surface area is 99.2 Å². The van der Waals surface area contributed by atoms with E-state index in [1.165, 1.54) is 44.9 Å². The first-order valence-electron chi connectivity index (χ1n) is 6.95. The Morgan fingerprint density at radius 1 is 1.12 bits per heavy atom. The zero-order valence-electron chi connectivity index (χ0n) is 10.5. The van der Waals surface area contributed by atoms with Crippen LogP contribution in [-0.4, -0.2) is 18.2 Å². The second-order valence-corrected chi connectivity index (χ2v) is 5.62. The fourth-order valence-corrected chi connectivity index (χ4v) is 3.53. The summed E-state index contributed by atoms with van der Waals surface area (Å²) in [5, 5.41) is 1.98. The van der Waals surface area contributed by atoms with Gasteiger partial charge in [-0.05, 0) is 24.2 Å². The van der Waals surface area contributed by atoms with E-state index in [4.69, 9.17) is 10.8 Å². The highest BCUT2D eigenvalue weighted by atomic mass is 16.8. The summed E-state index contributed by atoms with van der Waals surface area (Å²) >= 11 is 0. The van der Waals surface area contributed by atoms with Crippen molar-refractivity contribution in [2.45, 2.75) is 51.9 Å². The van der Waals surface area contributed by atoms with Gasteiger partial charge in [-0.3, -0.25) is 0 Å². The van der Waals surface area contributed by atoms with Crippen molar-refractivity contribution in [3.63, 3.8) is 0 Å². The highest BCUT2D eigenvalue weighted by Crippen LogP contribution is 2.36. The lowest BCUT2D eigenvalue weighted by atomic mass is 9.74. The number of nitrogens with zero attached hydrogens (tertiary/aromatic N) is 1. The third kappa shape index (κ3) is 2.96. The molecule has 94 valence electrons. The minimum absolute atomic E-state index is 0.782. The van der Waals surface area contributed by atoms with Crippen LogP contribution < -0.4 is 5.90 Å². The average Bonchev–Trinajstić information content (AvgIpc) is 2.39. The topological polar surface area (TPSA) is 38.5 Å². The smallest absolute Gasteiger partial charge is 0.0290 e. The molecule has 1 heterocycles. The highest BCUT2D eigenvalue weighted by molar-refractivity contribution is 4.82. The van der Waals surface area contributed by atoms with E-state index >= 15 is 0 Å². The summed E-state index contributed by atoms with van der Waals surface area (Å²) in [6.07, 6.45) is 9.81. The van der Waals surface area contributed by atoms with Crippen molar-refractivity contribution in [2.24, 2.45) is 23.7 Å². The first kappa shape index (κ1) is 12.3. The zero-order chi connectivity index (χ0) is 11.4. The second kappa shape index (κ2) is 5.99. The Hall–Kier alpha value is -0.120. The lowest BCUT2D eigenvalue weighted by molar-refractivity contribution is -0.198. The van der Waals surface area contributed by atoms with Gasteiger partial charge in [0.25, 0.3) is 0 Å². The van der Waals surface area contributed by atoms with Crippen molar-refractivity contribution < 1.29 is 4.94 Å². The number of hydrogen-bond donors (Lipinski definition) is 1. The summed E-state index contributed by atoms with van der Waals surface area (Å²) in [5.41, 5.74) is 0. The third-order valence-electron chi connectivity index (χ3n) is 4.58. The maximum atomic E-state index is 5.34. The second-order valence-electron chi connectivity index (χ2n) is 5.62. The zero-order valence-corrected chi connectivity index (χ0v) is 10.5. The summed E-state index contributed by atoms with van der Waals surface area (Å²) < 4.78 is 0. The monoisotopic (exact) mass is 226 g/mol. The Morgan fingerprint density at radius 3 is 2.50 bits per heavy atom. The van der Waals surface area contributed by atoms with Crippen LogP contribution in [-0.2, 0) is 4.94 Å². The minimum atomic E-state index is 0.782. The molecule has 1 saturated carbocycles. The maximum Gasteiger partial charge on any atom is 0.0290 e. The summed E-state index contributed by atoms with van der Waals surface area (Å²) in [5.74, 6) is 7.87. The summed E-state index contributed by atoms with van der Waals surface area (Å²) in [6.45, 7) is 4.36. The molecule has 3 heteroatoms.